The van der Waals surface area contributed by atoms with E-state index >= 15 is 0 Å². The van der Waals surface area contributed by atoms with Gasteiger partial charge in [0.15, 0.2) is 0 Å². The molecule has 1 aromatic carbocycles. The van der Waals surface area contributed by atoms with E-state index in [0.717, 1.165) is 13.1 Å². The van der Waals surface area contributed by atoms with Crippen LogP contribution in [0.5, 0.6) is 0 Å². The third kappa shape index (κ3) is 4.57. The average Bonchev–Trinajstić information content (AvgIpc) is 2.35. The molecular formula is C14H22N2O. The van der Waals surface area contributed by atoms with Gasteiger partial charge in [-0.05, 0) is 31.1 Å². The molecule has 0 fully saturated rings. The zero-order valence-electron chi connectivity index (χ0n) is 11.0. The molecule has 0 aromatic heterocycles. The van der Waals surface area contributed by atoms with E-state index in [9.17, 15) is 4.79 Å². The van der Waals surface area contributed by atoms with Crippen LogP contribution in [0.4, 0.5) is 0 Å². The van der Waals surface area contributed by atoms with E-state index in [4.69, 9.17) is 0 Å². The Balaban J connectivity index is 2.41. The third-order valence-corrected chi connectivity index (χ3v) is 3.00. The maximum atomic E-state index is 11.7. The molecule has 3 nitrogen and oxygen atoms in total. The van der Waals surface area contributed by atoms with Crippen LogP contribution in [0.3, 0.4) is 0 Å². The van der Waals surface area contributed by atoms with Crippen LogP contribution >= 0.6 is 0 Å². The van der Waals surface area contributed by atoms with Gasteiger partial charge in [-0.3, -0.25) is 9.69 Å². The van der Waals surface area contributed by atoms with Gasteiger partial charge in [0.25, 0.3) is 0 Å². The lowest BCUT2D eigenvalue weighted by molar-refractivity contribution is -0.122. The second-order valence-corrected chi connectivity index (χ2v) is 4.16. The van der Waals surface area contributed by atoms with E-state index in [1.807, 2.05) is 18.2 Å². The molecule has 0 saturated heterocycles. The molecule has 1 N–H and O–H groups in total. The molecule has 0 heterocycles. The molecule has 0 aliphatic rings. The fraction of sp³-hybridized carbons (Fsp3) is 0.500. The predicted molar refractivity (Wildman–Crippen MR) is 70.8 cm³/mol. The molecule has 17 heavy (non-hydrogen) atoms. The predicted octanol–water partition coefficient (Wildman–Crippen LogP) is 1.95. The van der Waals surface area contributed by atoms with Crippen molar-refractivity contribution >= 4 is 5.91 Å². The van der Waals surface area contributed by atoms with Gasteiger partial charge in [-0.15, -0.1) is 0 Å². The van der Waals surface area contributed by atoms with Crippen LogP contribution in [0.2, 0.25) is 0 Å². The van der Waals surface area contributed by atoms with Crippen molar-refractivity contribution in [1.29, 1.82) is 0 Å². The Bertz CT molecular complexity index is 359. The summed E-state index contributed by atoms with van der Waals surface area (Å²) in [5.74, 6) is 0.0944. The molecule has 1 rings (SSSR count). The zero-order chi connectivity index (χ0) is 12.7. The van der Waals surface area contributed by atoms with Gasteiger partial charge >= 0.3 is 0 Å². The lowest BCUT2D eigenvalue weighted by atomic mass is 10.1. The third-order valence-electron chi connectivity index (χ3n) is 3.00. The summed E-state index contributed by atoms with van der Waals surface area (Å²) in [7, 11) is 0. The number of amides is 1. The summed E-state index contributed by atoms with van der Waals surface area (Å²) in [6.45, 7) is 9.12. The first-order valence-corrected chi connectivity index (χ1v) is 6.21. The Morgan fingerprint density at radius 3 is 2.47 bits per heavy atom. The average molecular weight is 234 g/mol. The van der Waals surface area contributed by atoms with E-state index in [1.54, 1.807) is 0 Å². The summed E-state index contributed by atoms with van der Waals surface area (Å²) in [5, 5.41) is 2.96. The summed E-state index contributed by atoms with van der Waals surface area (Å²) >= 11 is 0. The molecule has 0 bridgehead atoms. The quantitative estimate of drug-likeness (QED) is 0.816. The molecule has 0 aliphatic carbocycles. The van der Waals surface area contributed by atoms with Crippen LogP contribution in [0, 0.1) is 6.92 Å². The molecule has 0 spiro atoms. The molecule has 0 aliphatic heterocycles. The first-order valence-electron chi connectivity index (χ1n) is 6.21. The van der Waals surface area contributed by atoms with Crippen molar-refractivity contribution in [2.75, 3.05) is 19.6 Å². The van der Waals surface area contributed by atoms with Crippen LogP contribution in [-0.2, 0) is 11.3 Å². The van der Waals surface area contributed by atoms with E-state index in [-0.39, 0.29) is 5.91 Å². The Morgan fingerprint density at radius 2 is 1.88 bits per heavy atom. The highest BCUT2D eigenvalue weighted by atomic mass is 16.2. The van der Waals surface area contributed by atoms with Gasteiger partial charge in [-0.1, -0.05) is 38.1 Å². The van der Waals surface area contributed by atoms with E-state index < -0.39 is 0 Å². The number of benzene rings is 1. The Hall–Kier alpha value is -1.35. The fourth-order valence-corrected chi connectivity index (χ4v) is 1.71. The van der Waals surface area contributed by atoms with Crippen LogP contribution in [0.15, 0.2) is 24.3 Å². The Kier molecular flexibility index (Phi) is 5.70. The molecule has 1 aromatic rings. The van der Waals surface area contributed by atoms with Crippen molar-refractivity contribution in [1.82, 2.24) is 10.2 Å². The first kappa shape index (κ1) is 13.7. The van der Waals surface area contributed by atoms with Crippen LogP contribution < -0.4 is 5.32 Å². The Morgan fingerprint density at radius 1 is 1.24 bits per heavy atom. The molecule has 94 valence electrons. The van der Waals surface area contributed by atoms with Gasteiger partial charge < -0.3 is 5.32 Å². The highest BCUT2D eigenvalue weighted by Crippen LogP contribution is 2.05. The van der Waals surface area contributed by atoms with Gasteiger partial charge in [-0.25, -0.2) is 0 Å². The number of hydrogen-bond acceptors (Lipinski definition) is 2. The van der Waals surface area contributed by atoms with Gasteiger partial charge in [0, 0.05) is 6.54 Å². The topological polar surface area (TPSA) is 32.3 Å². The van der Waals surface area contributed by atoms with Gasteiger partial charge in [-0.2, -0.15) is 0 Å². The fourth-order valence-electron chi connectivity index (χ4n) is 1.71. The zero-order valence-corrected chi connectivity index (χ0v) is 11.0. The van der Waals surface area contributed by atoms with Gasteiger partial charge in [0.05, 0.1) is 6.54 Å². The molecular weight excluding hydrogens is 212 g/mol. The lowest BCUT2D eigenvalue weighted by Crippen LogP contribution is -2.36. The molecule has 3 heteroatoms. The molecule has 0 saturated carbocycles. The van der Waals surface area contributed by atoms with E-state index in [0.29, 0.717) is 13.1 Å². The van der Waals surface area contributed by atoms with Crippen molar-refractivity contribution in [3.05, 3.63) is 35.4 Å². The number of rotatable bonds is 6. The molecule has 1 amide bonds. The van der Waals surface area contributed by atoms with Crippen molar-refractivity contribution in [3.63, 3.8) is 0 Å². The normalized spacial score (nSPS) is 10.6. The summed E-state index contributed by atoms with van der Waals surface area (Å²) in [5.41, 5.74) is 2.40. The Labute approximate surface area is 104 Å². The maximum absolute atomic E-state index is 11.7. The van der Waals surface area contributed by atoms with Crippen molar-refractivity contribution in [2.45, 2.75) is 27.3 Å². The van der Waals surface area contributed by atoms with Crippen molar-refractivity contribution in [2.24, 2.45) is 0 Å². The monoisotopic (exact) mass is 234 g/mol. The standard InChI is InChI=1S/C14H22N2O/c1-4-16(5-2)11-14(17)15-10-13-9-7-6-8-12(13)3/h6-9H,4-5,10-11H2,1-3H3,(H,15,17). The lowest BCUT2D eigenvalue weighted by Gasteiger charge is -2.17. The summed E-state index contributed by atoms with van der Waals surface area (Å²) in [6.07, 6.45) is 0. The van der Waals surface area contributed by atoms with Crippen LogP contribution in [0.1, 0.15) is 25.0 Å². The number of likely N-dealkylation sites (N-methyl/N-ethyl adjacent to an activating group) is 1. The first-order chi connectivity index (χ1) is 8.17. The molecule has 0 radical (unpaired) electrons. The minimum atomic E-state index is 0.0944. The molecule has 0 unspecified atom stereocenters. The molecule has 0 atom stereocenters. The second-order valence-electron chi connectivity index (χ2n) is 4.16. The smallest absolute Gasteiger partial charge is 0.234 e. The van der Waals surface area contributed by atoms with Gasteiger partial charge in [0.1, 0.15) is 0 Å². The van der Waals surface area contributed by atoms with Crippen molar-refractivity contribution in [3.8, 4) is 0 Å². The summed E-state index contributed by atoms with van der Waals surface area (Å²) in [6, 6.07) is 8.12. The number of hydrogen-bond donors (Lipinski definition) is 1. The summed E-state index contributed by atoms with van der Waals surface area (Å²) in [4.78, 5) is 13.8. The van der Waals surface area contributed by atoms with E-state index in [2.05, 4.69) is 37.1 Å². The number of nitrogens with zero attached hydrogens (tertiary/aromatic N) is 1. The number of carbonyl (C=O) groups excluding carboxylic acids is 1. The van der Waals surface area contributed by atoms with Crippen LogP contribution in [-0.4, -0.2) is 30.4 Å². The second kappa shape index (κ2) is 7.07. The SMILES string of the molecule is CCN(CC)CC(=O)NCc1ccccc1C. The minimum absolute atomic E-state index is 0.0944. The van der Waals surface area contributed by atoms with E-state index in [1.165, 1.54) is 11.1 Å². The number of aryl methyl sites for hydroxylation is 1. The summed E-state index contributed by atoms with van der Waals surface area (Å²) < 4.78 is 0. The number of carbonyl (C=O) groups is 1. The number of nitrogens with one attached hydrogen (secondary N) is 1. The van der Waals surface area contributed by atoms with Gasteiger partial charge in [0.2, 0.25) is 5.91 Å². The van der Waals surface area contributed by atoms with Crippen LogP contribution in [0.25, 0.3) is 0 Å². The minimum Gasteiger partial charge on any atom is -0.351 e. The highest BCUT2D eigenvalue weighted by molar-refractivity contribution is 5.78. The largest absolute Gasteiger partial charge is 0.351 e. The maximum Gasteiger partial charge on any atom is 0.234 e. The van der Waals surface area contributed by atoms with Crippen molar-refractivity contribution < 1.29 is 4.79 Å². The highest BCUT2D eigenvalue weighted by Gasteiger charge is 2.06.